The number of amides is 2. The first kappa shape index (κ1) is 34.7. The van der Waals surface area contributed by atoms with Crippen LogP contribution in [0.1, 0.15) is 47.6 Å². The molecule has 0 aliphatic heterocycles. The fourth-order valence-electron chi connectivity index (χ4n) is 5.28. The summed E-state index contributed by atoms with van der Waals surface area (Å²) in [6.07, 6.45) is 1.97. The molecule has 242 valence electrons. The Kier molecular flexibility index (Phi) is 12.0. The number of carbonyl (C=O) groups excluding carboxylic acids is 2. The van der Waals surface area contributed by atoms with E-state index < -0.39 is 28.5 Å². The number of nitrogens with one attached hydrogen (secondary N) is 1. The Morgan fingerprint density at radius 3 is 2.17 bits per heavy atom. The second kappa shape index (κ2) is 15.9. The fourth-order valence-corrected chi connectivity index (χ4v) is 6.99. The number of unbranched alkanes of at least 4 members (excludes halogenated alkanes) is 1. The largest absolute Gasteiger partial charge is 0.354 e. The van der Waals surface area contributed by atoms with Gasteiger partial charge in [0, 0.05) is 24.5 Å². The molecular formula is C37H42ClN3O4S. The number of hydrogen-bond acceptors (Lipinski definition) is 4. The highest BCUT2D eigenvalue weighted by atomic mass is 35.5. The molecule has 9 heteroatoms. The molecule has 4 aromatic rings. The van der Waals surface area contributed by atoms with Crippen molar-refractivity contribution in [2.24, 2.45) is 0 Å². The normalized spacial score (nSPS) is 11.9. The molecule has 0 bridgehead atoms. The van der Waals surface area contributed by atoms with Gasteiger partial charge in [-0.1, -0.05) is 97.2 Å². The molecular weight excluding hydrogens is 618 g/mol. The monoisotopic (exact) mass is 659 g/mol. The predicted octanol–water partition coefficient (Wildman–Crippen LogP) is 7.02. The van der Waals surface area contributed by atoms with Gasteiger partial charge in [-0.05, 0) is 79.8 Å². The molecule has 1 atom stereocenters. The van der Waals surface area contributed by atoms with Crippen LogP contribution < -0.4 is 9.62 Å². The Hall–Kier alpha value is -4.14. The molecule has 0 heterocycles. The summed E-state index contributed by atoms with van der Waals surface area (Å²) in [5, 5.41) is 3.47. The Morgan fingerprint density at radius 1 is 0.848 bits per heavy atom. The van der Waals surface area contributed by atoms with E-state index in [1.165, 1.54) is 17.0 Å². The average Bonchev–Trinajstić information content (AvgIpc) is 3.03. The lowest BCUT2D eigenvalue weighted by Gasteiger charge is -2.34. The second-order valence-corrected chi connectivity index (χ2v) is 13.9. The van der Waals surface area contributed by atoms with Crippen LogP contribution in [0.5, 0.6) is 0 Å². The van der Waals surface area contributed by atoms with Crippen molar-refractivity contribution in [3.05, 3.63) is 130 Å². The van der Waals surface area contributed by atoms with Crippen LogP contribution >= 0.6 is 11.6 Å². The minimum Gasteiger partial charge on any atom is -0.354 e. The standard InChI is InChI=1S/C37H42ClN3O4S/c1-5-6-22-39-37(43)35(24-30-13-8-7-9-14-30)40(25-31-15-11-10-12-28(31)3)36(42)26-41(34-21-18-32(38)23-29(34)4)46(44,45)33-19-16-27(2)17-20-33/h7-21,23,35H,5-6,22,24-26H2,1-4H3,(H,39,43). The van der Waals surface area contributed by atoms with Crippen LogP contribution in [0.4, 0.5) is 5.69 Å². The summed E-state index contributed by atoms with van der Waals surface area (Å²) < 4.78 is 29.7. The number of hydrogen-bond donors (Lipinski definition) is 1. The maximum atomic E-state index is 14.6. The van der Waals surface area contributed by atoms with E-state index in [2.05, 4.69) is 5.32 Å². The lowest BCUT2D eigenvalue weighted by molar-refractivity contribution is -0.140. The minimum atomic E-state index is -4.20. The summed E-state index contributed by atoms with van der Waals surface area (Å²) in [5.74, 6) is -0.783. The van der Waals surface area contributed by atoms with Gasteiger partial charge in [-0.2, -0.15) is 0 Å². The Labute approximate surface area is 278 Å². The van der Waals surface area contributed by atoms with E-state index in [9.17, 15) is 18.0 Å². The molecule has 1 N–H and O–H groups in total. The third kappa shape index (κ3) is 8.77. The van der Waals surface area contributed by atoms with Gasteiger partial charge >= 0.3 is 0 Å². The molecule has 1 unspecified atom stereocenters. The zero-order valence-electron chi connectivity index (χ0n) is 26.9. The van der Waals surface area contributed by atoms with Crippen molar-refractivity contribution >= 4 is 39.1 Å². The van der Waals surface area contributed by atoms with Crippen LogP contribution in [0.2, 0.25) is 5.02 Å². The minimum absolute atomic E-state index is 0.0591. The van der Waals surface area contributed by atoms with Gasteiger partial charge in [0.25, 0.3) is 10.0 Å². The Morgan fingerprint density at radius 2 is 1.52 bits per heavy atom. The lowest BCUT2D eigenvalue weighted by atomic mass is 10.0. The second-order valence-electron chi connectivity index (χ2n) is 11.6. The summed E-state index contributed by atoms with van der Waals surface area (Å²) in [6.45, 7) is 7.72. The zero-order chi connectivity index (χ0) is 33.3. The number of sulfonamides is 1. The predicted molar refractivity (Wildman–Crippen MR) is 185 cm³/mol. The topological polar surface area (TPSA) is 86.8 Å². The van der Waals surface area contributed by atoms with E-state index in [1.807, 2.05) is 75.4 Å². The SMILES string of the molecule is CCCCNC(=O)C(Cc1ccccc1)N(Cc1ccccc1C)C(=O)CN(c1ccc(Cl)cc1C)S(=O)(=O)c1ccc(C)cc1. The number of rotatable bonds is 14. The number of carbonyl (C=O) groups is 2. The van der Waals surface area contributed by atoms with E-state index in [0.717, 1.165) is 39.4 Å². The van der Waals surface area contributed by atoms with E-state index in [0.29, 0.717) is 22.8 Å². The summed E-state index contributed by atoms with van der Waals surface area (Å²) in [4.78, 5) is 30.1. The zero-order valence-corrected chi connectivity index (χ0v) is 28.4. The summed E-state index contributed by atoms with van der Waals surface area (Å²) in [6, 6.07) is 27.8. The Balaban J connectivity index is 1.82. The molecule has 4 rings (SSSR count). The van der Waals surface area contributed by atoms with Gasteiger partial charge in [0.05, 0.1) is 10.6 Å². The van der Waals surface area contributed by atoms with Crippen LogP contribution in [0, 0.1) is 20.8 Å². The first-order chi connectivity index (χ1) is 22.0. The van der Waals surface area contributed by atoms with Crippen molar-refractivity contribution in [3.8, 4) is 0 Å². The van der Waals surface area contributed by atoms with Crippen LogP contribution in [0.3, 0.4) is 0 Å². The van der Waals surface area contributed by atoms with Gasteiger partial charge < -0.3 is 10.2 Å². The summed E-state index contributed by atoms with van der Waals surface area (Å²) in [5.41, 5.74) is 4.55. The number of nitrogens with zero attached hydrogens (tertiary/aromatic N) is 2. The first-order valence-electron chi connectivity index (χ1n) is 15.5. The molecule has 7 nitrogen and oxygen atoms in total. The van der Waals surface area contributed by atoms with Crippen molar-refractivity contribution in [1.82, 2.24) is 10.2 Å². The first-order valence-corrected chi connectivity index (χ1v) is 17.3. The van der Waals surface area contributed by atoms with Gasteiger partial charge in [0.15, 0.2) is 0 Å². The maximum Gasteiger partial charge on any atom is 0.264 e. The number of anilines is 1. The van der Waals surface area contributed by atoms with Crippen molar-refractivity contribution < 1.29 is 18.0 Å². The molecule has 0 aromatic heterocycles. The molecule has 0 aliphatic carbocycles. The van der Waals surface area contributed by atoms with Crippen molar-refractivity contribution in [1.29, 1.82) is 0 Å². The van der Waals surface area contributed by atoms with Crippen molar-refractivity contribution in [2.75, 3.05) is 17.4 Å². The quantitative estimate of drug-likeness (QED) is 0.148. The average molecular weight is 660 g/mol. The third-order valence-corrected chi connectivity index (χ3v) is 10.0. The van der Waals surface area contributed by atoms with Crippen molar-refractivity contribution in [3.63, 3.8) is 0 Å². The Bertz CT molecular complexity index is 1740. The molecule has 46 heavy (non-hydrogen) atoms. The molecule has 0 aliphatic rings. The van der Waals surface area contributed by atoms with Crippen molar-refractivity contribution in [2.45, 2.75) is 64.4 Å². The molecule has 0 saturated heterocycles. The van der Waals surface area contributed by atoms with Crippen LogP contribution in [0.15, 0.2) is 102 Å². The van der Waals surface area contributed by atoms with Crippen LogP contribution in [-0.2, 0) is 32.6 Å². The number of benzene rings is 4. The van der Waals surface area contributed by atoms with Gasteiger partial charge in [-0.15, -0.1) is 0 Å². The highest BCUT2D eigenvalue weighted by Crippen LogP contribution is 2.30. The highest BCUT2D eigenvalue weighted by Gasteiger charge is 2.35. The van der Waals surface area contributed by atoms with Crippen LogP contribution in [-0.4, -0.2) is 44.3 Å². The lowest BCUT2D eigenvalue weighted by Crippen LogP contribution is -2.53. The fraction of sp³-hybridized carbons (Fsp3) is 0.297. The molecule has 0 saturated carbocycles. The number of aryl methyl sites for hydroxylation is 3. The molecule has 0 spiro atoms. The van der Waals surface area contributed by atoms with Crippen LogP contribution in [0.25, 0.3) is 0 Å². The molecule has 0 fully saturated rings. The van der Waals surface area contributed by atoms with Gasteiger partial charge in [-0.3, -0.25) is 13.9 Å². The smallest absolute Gasteiger partial charge is 0.264 e. The summed E-state index contributed by atoms with van der Waals surface area (Å²) in [7, 11) is -4.20. The van der Waals surface area contributed by atoms with E-state index in [4.69, 9.17) is 11.6 Å². The molecule has 4 aromatic carbocycles. The van der Waals surface area contributed by atoms with Gasteiger partial charge in [-0.25, -0.2) is 8.42 Å². The van der Waals surface area contributed by atoms with E-state index in [-0.39, 0.29) is 23.8 Å². The highest BCUT2D eigenvalue weighted by molar-refractivity contribution is 7.92. The molecule has 0 radical (unpaired) electrons. The van der Waals surface area contributed by atoms with E-state index >= 15 is 0 Å². The van der Waals surface area contributed by atoms with Gasteiger partial charge in [0.2, 0.25) is 11.8 Å². The van der Waals surface area contributed by atoms with Gasteiger partial charge in [0.1, 0.15) is 12.6 Å². The van der Waals surface area contributed by atoms with E-state index in [1.54, 1.807) is 37.3 Å². The molecule has 2 amide bonds. The summed E-state index contributed by atoms with van der Waals surface area (Å²) >= 11 is 6.25. The third-order valence-electron chi connectivity index (χ3n) is 8.02. The number of halogens is 1. The maximum absolute atomic E-state index is 14.6.